The standard InChI is InChI=1S/C20H18O5.C2H6/c1-13-7-14(8-16-9-17(11-21)25-20(13)16)12-24-18-6-4-3-5-15(18)10-19(22)23-2;1-2/h3-9,11H,10,12H2,1-2H3;1-2H3. The van der Waals surface area contributed by atoms with Crippen LogP contribution in [0.25, 0.3) is 11.0 Å². The predicted molar refractivity (Wildman–Crippen MR) is 104 cm³/mol. The van der Waals surface area contributed by atoms with Gasteiger partial charge in [-0.05, 0) is 42.3 Å². The van der Waals surface area contributed by atoms with E-state index >= 15 is 0 Å². The van der Waals surface area contributed by atoms with E-state index in [1.54, 1.807) is 6.07 Å². The fourth-order valence-corrected chi connectivity index (χ4v) is 2.75. The highest BCUT2D eigenvalue weighted by molar-refractivity contribution is 5.87. The molecule has 0 N–H and O–H groups in total. The molecule has 0 aliphatic carbocycles. The van der Waals surface area contributed by atoms with Crippen LogP contribution in [-0.2, 0) is 22.6 Å². The summed E-state index contributed by atoms with van der Waals surface area (Å²) in [4.78, 5) is 22.4. The van der Waals surface area contributed by atoms with Crippen molar-refractivity contribution in [2.45, 2.75) is 33.8 Å². The Morgan fingerprint density at radius 1 is 1.15 bits per heavy atom. The molecular formula is C22H24O5. The van der Waals surface area contributed by atoms with Crippen molar-refractivity contribution >= 4 is 23.2 Å². The van der Waals surface area contributed by atoms with Gasteiger partial charge in [-0.25, -0.2) is 0 Å². The number of carbonyl (C=O) groups excluding carboxylic acids is 2. The first-order chi connectivity index (χ1) is 13.1. The number of para-hydroxylation sites is 1. The van der Waals surface area contributed by atoms with Crippen LogP contribution < -0.4 is 4.74 Å². The molecule has 2 aromatic carbocycles. The lowest BCUT2D eigenvalue weighted by Gasteiger charge is -2.11. The minimum atomic E-state index is -0.312. The Morgan fingerprint density at radius 2 is 1.89 bits per heavy atom. The fraction of sp³-hybridized carbons (Fsp3) is 0.273. The van der Waals surface area contributed by atoms with Gasteiger partial charge < -0.3 is 13.9 Å². The summed E-state index contributed by atoms with van der Waals surface area (Å²) in [5.74, 6) is 0.638. The Hall–Kier alpha value is -3.08. The quantitative estimate of drug-likeness (QED) is 0.458. The molecule has 3 rings (SSSR count). The second kappa shape index (κ2) is 9.57. The number of hydrogen-bond donors (Lipinski definition) is 0. The van der Waals surface area contributed by atoms with Gasteiger partial charge in [0, 0.05) is 10.9 Å². The topological polar surface area (TPSA) is 65.7 Å². The Bertz CT molecular complexity index is 924. The molecule has 1 heterocycles. The average molecular weight is 368 g/mol. The van der Waals surface area contributed by atoms with Gasteiger partial charge in [0.15, 0.2) is 12.0 Å². The zero-order valence-electron chi connectivity index (χ0n) is 16.1. The largest absolute Gasteiger partial charge is 0.489 e. The molecule has 27 heavy (non-hydrogen) atoms. The number of ether oxygens (including phenoxy) is 2. The number of fused-ring (bicyclic) bond motifs is 1. The molecule has 0 unspecified atom stereocenters. The zero-order valence-corrected chi connectivity index (χ0v) is 16.1. The van der Waals surface area contributed by atoms with Gasteiger partial charge in [0.25, 0.3) is 0 Å². The summed E-state index contributed by atoms with van der Waals surface area (Å²) in [6.45, 7) is 6.27. The lowest BCUT2D eigenvalue weighted by molar-refractivity contribution is -0.139. The number of hydrogen-bond acceptors (Lipinski definition) is 5. The number of rotatable bonds is 6. The summed E-state index contributed by atoms with van der Waals surface area (Å²) in [7, 11) is 1.36. The first-order valence-electron chi connectivity index (χ1n) is 8.86. The summed E-state index contributed by atoms with van der Waals surface area (Å²) in [6, 6.07) is 13.0. The molecule has 0 aliphatic rings. The van der Waals surface area contributed by atoms with Crippen LogP contribution in [0.2, 0.25) is 0 Å². The van der Waals surface area contributed by atoms with E-state index in [0.717, 1.165) is 22.1 Å². The molecule has 0 aliphatic heterocycles. The second-order valence-electron chi connectivity index (χ2n) is 5.75. The minimum Gasteiger partial charge on any atom is -0.489 e. The van der Waals surface area contributed by atoms with Crippen molar-refractivity contribution in [2.75, 3.05) is 7.11 Å². The van der Waals surface area contributed by atoms with Gasteiger partial charge in [-0.15, -0.1) is 0 Å². The van der Waals surface area contributed by atoms with Crippen molar-refractivity contribution < 1.29 is 23.5 Å². The number of benzene rings is 2. The number of esters is 1. The number of carbonyl (C=O) groups is 2. The molecule has 0 spiro atoms. The summed E-state index contributed by atoms with van der Waals surface area (Å²) in [5.41, 5.74) is 3.37. The van der Waals surface area contributed by atoms with E-state index in [-0.39, 0.29) is 12.4 Å². The monoisotopic (exact) mass is 368 g/mol. The highest BCUT2D eigenvalue weighted by Crippen LogP contribution is 2.26. The molecule has 0 saturated carbocycles. The molecule has 0 bridgehead atoms. The van der Waals surface area contributed by atoms with Gasteiger partial charge >= 0.3 is 5.97 Å². The summed E-state index contributed by atoms with van der Waals surface area (Å²) >= 11 is 0. The first kappa shape index (κ1) is 20.2. The third-order valence-electron chi connectivity index (χ3n) is 3.93. The van der Waals surface area contributed by atoms with Crippen LogP contribution >= 0.6 is 0 Å². The van der Waals surface area contributed by atoms with Crippen molar-refractivity contribution in [3.63, 3.8) is 0 Å². The van der Waals surface area contributed by atoms with Crippen molar-refractivity contribution in [3.8, 4) is 5.75 Å². The Labute approximate surface area is 158 Å². The molecule has 0 saturated heterocycles. The highest BCUT2D eigenvalue weighted by Gasteiger charge is 2.11. The van der Waals surface area contributed by atoms with Crippen molar-refractivity contribution in [3.05, 3.63) is 64.9 Å². The third kappa shape index (κ3) is 4.97. The van der Waals surface area contributed by atoms with E-state index in [1.165, 1.54) is 7.11 Å². The minimum absolute atomic E-state index is 0.162. The lowest BCUT2D eigenvalue weighted by atomic mass is 10.1. The molecule has 5 nitrogen and oxygen atoms in total. The van der Waals surface area contributed by atoms with E-state index < -0.39 is 0 Å². The maximum atomic E-state index is 11.5. The van der Waals surface area contributed by atoms with Crippen LogP contribution in [0.1, 0.15) is 41.1 Å². The molecule has 0 amide bonds. The zero-order chi connectivity index (χ0) is 19.8. The summed E-state index contributed by atoms with van der Waals surface area (Å²) < 4.78 is 16.1. The number of methoxy groups -OCH3 is 1. The van der Waals surface area contributed by atoms with E-state index in [4.69, 9.17) is 13.9 Å². The maximum Gasteiger partial charge on any atom is 0.310 e. The number of aryl methyl sites for hydroxylation is 1. The SMILES string of the molecule is CC.COC(=O)Cc1ccccc1OCc1cc(C)c2oc(C=O)cc2c1. The molecule has 0 radical (unpaired) electrons. The second-order valence-corrected chi connectivity index (χ2v) is 5.75. The van der Waals surface area contributed by atoms with Gasteiger partial charge in [-0.3, -0.25) is 9.59 Å². The summed E-state index contributed by atoms with van der Waals surface area (Å²) in [6.07, 6.45) is 0.855. The van der Waals surface area contributed by atoms with Crippen LogP contribution in [0, 0.1) is 6.92 Å². The Kier molecular flexibility index (Phi) is 7.17. The van der Waals surface area contributed by atoms with E-state index in [9.17, 15) is 9.59 Å². The molecule has 0 atom stereocenters. The average Bonchev–Trinajstić information content (AvgIpc) is 3.12. The van der Waals surface area contributed by atoms with Gasteiger partial charge in [0.2, 0.25) is 0 Å². The lowest BCUT2D eigenvalue weighted by Crippen LogP contribution is -2.06. The van der Waals surface area contributed by atoms with Crippen molar-refractivity contribution in [2.24, 2.45) is 0 Å². The van der Waals surface area contributed by atoms with Crippen molar-refractivity contribution in [1.29, 1.82) is 0 Å². The van der Waals surface area contributed by atoms with Gasteiger partial charge in [0.1, 0.15) is 17.9 Å². The van der Waals surface area contributed by atoms with Gasteiger partial charge in [0.05, 0.1) is 13.5 Å². The number of aldehydes is 1. The normalized spacial score (nSPS) is 10.1. The van der Waals surface area contributed by atoms with Gasteiger partial charge in [-0.1, -0.05) is 32.0 Å². The maximum absolute atomic E-state index is 11.5. The van der Waals surface area contributed by atoms with Crippen LogP contribution in [0.15, 0.2) is 46.9 Å². The highest BCUT2D eigenvalue weighted by atomic mass is 16.5. The van der Waals surface area contributed by atoms with E-state index in [1.807, 2.05) is 57.2 Å². The number of furan rings is 1. The van der Waals surface area contributed by atoms with Crippen LogP contribution in [0.5, 0.6) is 5.75 Å². The molecule has 142 valence electrons. The first-order valence-corrected chi connectivity index (χ1v) is 8.86. The van der Waals surface area contributed by atoms with Crippen molar-refractivity contribution in [1.82, 2.24) is 0 Å². The molecule has 1 aromatic heterocycles. The Morgan fingerprint density at radius 3 is 2.59 bits per heavy atom. The fourth-order valence-electron chi connectivity index (χ4n) is 2.75. The Balaban J connectivity index is 0.00000126. The molecule has 0 fully saturated rings. The molecule has 3 aromatic rings. The van der Waals surface area contributed by atoms with Crippen LogP contribution in [0.3, 0.4) is 0 Å². The van der Waals surface area contributed by atoms with Gasteiger partial charge in [-0.2, -0.15) is 0 Å². The van der Waals surface area contributed by atoms with E-state index in [2.05, 4.69) is 0 Å². The smallest absolute Gasteiger partial charge is 0.310 e. The van der Waals surface area contributed by atoms with E-state index in [0.29, 0.717) is 30.0 Å². The van der Waals surface area contributed by atoms with Crippen LogP contribution in [0.4, 0.5) is 0 Å². The van der Waals surface area contributed by atoms with Crippen LogP contribution in [-0.4, -0.2) is 19.4 Å². The molecular weight excluding hydrogens is 344 g/mol. The summed E-state index contributed by atoms with van der Waals surface area (Å²) in [5, 5.41) is 0.864. The third-order valence-corrected chi connectivity index (χ3v) is 3.93. The molecule has 5 heteroatoms. The predicted octanol–water partition coefficient (Wildman–Crippen LogP) is 4.87.